The van der Waals surface area contributed by atoms with Crippen LogP contribution in [0.3, 0.4) is 0 Å². The zero-order chi connectivity index (χ0) is 32.9. The van der Waals surface area contributed by atoms with E-state index in [1.165, 1.54) is 70.3 Å². The summed E-state index contributed by atoms with van der Waals surface area (Å²) in [6, 6.07) is 60.1. The van der Waals surface area contributed by atoms with Gasteiger partial charge in [-0.05, 0) is 96.2 Å². The summed E-state index contributed by atoms with van der Waals surface area (Å²) in [6.45, 7) is 2.44. The van der Waals surface area contributed by atoms with Gasteiger partial charge in [0.1, 0.15) is 0 Å². The minimum atomic E-state index is 0.196. The zero-order valence-corrected chi connectivity index (χ0v) is 28.2. The fourth-order valence-electron chi connectivity index (χ4n) is 8.62. The van der Waals surface area contributed by atoms with Crippen LogP contribution in [0.2, 0.25) is 0 Å². The summed E-state index contributed by atoms with van der Waals surface area (Å²) in [4.78, 5) is 5.08. The molecule has 9 aromatic rings. The molecule has 0 radical (unpaired) electrons. The van der Waals surface area contributed by atoms with Crippen molar-refractivity contribution >= 4 is 84.8 Å². The molecule has 0 aliphatic carbocycles. The second kappa shape index (κ2) is 10.5. The van der Waals surface area contributed by atoms with Gasteiger partial charge in [-0.1, -0.05) is 108 Å². The normalized spacial score (nSPS) is 12.8. The Morgan fingerprint density at radius 1 is 0.500 bits per heavy atom. The molecule has 0 unspecified atom stereocenters. The van der Waals surface area contributed by atoms with Gasteiger partial charge in [0.15, 0.2) is 0 Å². The molecule has 0 spiro atoms. The van der Waals surface area contributed by atoms with E-state index >= 15 is 0 Å². The van der Waals surface area contributed by atoms with Crippen molar-refractivity contribution in [3.63, 3.8) is 0 Å². The van der Waals surface area contributed by atoms with E-state index < -0.39 is 0 Å². The highest BCUT2D eigenvalue weighted by Gasteiger charge is 2.40. The van der Waals surface area contributed by atoms with Crippen LogP contribution in [0.25, 0.3) is 44.2 Å². The molecule has 234 valence electrons. The maximum atomic E-state index is 2.60. The van der Waals surface area contributed by atoms with Crippen molar-refractivity contribution in [3.05, 3.63) is 169 Å². The van der Waals surface area contributed by atoms with Crippen LogP contribution in [-0.4, -0.2) is 15.8 Å². The largest absolute Gasteiger partial charge is 0.310 e. The van der Waals surface area contributed by atoms with Crippen LogP contribution < -0.4 is 21.3 Å². The van der Waals surface area contributed by atoms with Crippen LogP contribution >= 0.6 is 11.8 Å². The molecule has 0 atom stereocenters. The predicted octanol–water partition coefficient (Wildman–Crippen LogP) is 9.80. The van der Waals surface area contributed by atoms with Gasteiger partial charge in [0.2, 0.25) is 6.71 Å². The first-order valence-electron chi connectivity index (χ1n) is 17.2. The number of fused-ring (bicyclic) bond motifs is 9. The maximum Gasteiger partial charge on any atom is 0.249 e. The Kier molecular flexibility index (Phi) is 5.90. The van der Waals surface area contributed by atoms with E-state index in [1.54, 1.807) is 0 Å². The molecule has 4 heterocycles. The van der Waals surface area contributed by atoms with Gasteiger partial charge in [-0.25, -0.2) is 0 Å². The summed E-state index contributed by atoms with van der Waals surface area (Å²) in [7, 11) is 0. The Balaban J connectivity index is 1.28. The molecular weight excluding hydrogens is 625 g/mol. The molecule has 11 rings (SSSR count). The molecule has 2 aliphatic rings. The van der Waals surface area contributed by atoms with E-state index in [2.05, 4.69) is 185 Å². The van der Waals surface area contributed by atoms with E-state index in [0.717, 1.165) is 22.7 Å². The molecule has 0 saturated carbocycles. The molecule has 2 aliphatic heterocycles. The number of hydrogen-bond acceptors (Lipinski definition) is 2. The zero-order valence-electron chi connectivity index (χ0n) is 27.4. The Hall–Kier alpha value is -5.91. The first-order valence-corrected chi connectivity index (χ1v) is 18.0. The van der Waals surface area contributed by atoms with Crippen molar-refractivity contribution < 1.29 is 0 Å². The number of aromatic nitrogens is 2. The van der Waals surface area contributed by atoms with Crippen LogP contribution in [-0.2, 0) is 0 Å². The smallest absolute Gasteiger partial charge is 0.249 e. The highest BCUT2D eigenvalue weighted by atomic mass is 32.2. The van der Waals surface area contributed by atoms with Crippen molar-refractivity contribution in [2.45, 2.75) is 16.7 Å². The van der Waals surface area contributed by atoms with Gasteiger partial charge < -0.3 is 14.0 Å². The quantitative estimate of drug-likeness (QED) is 0.175. The van der Waals surface area contributed by atoms with Crippen LogP contribution in [0.1, 0.15) is 5.56 Å². The van der Waals surface area contributed by atoms with E-state index in [0.29, 0.717) is 0 Å². The molecule has 2 aromatic heterocycles. The summed E-state index contributed by atoms with van der Waals surface area (Å²) in [5.41, 5.74) is 16.4. The van der Waals surface area contributed by atoms with Crippen LogP contribution in [0.4, 0.5) is 17.1 Å². The van der Waals surface area contributed by atoms with Crippen molar-refractivity contribution in [1.29, 1.82) is 0 Å². The van der Waals surface area contributed by atoms with Gasteiger partial charge in [-0.3, -0.25) is 0 Å². The summed E-state index contributed by atoms with van der Waals surface area (Å²) in [6.07, 6.45) is 0. The molecule has 3 nitrogen and oxygen atoms in total. The van der Waals surface area contributed by atoms with Crippen LogP contribution in [0.15, 0.2) is 174 Å². The second-order valence-corrected chi connectivity index (χ2v) is 14.5. The Morgan fingerprint density at radius 3 is 1.92 bits per heavy atom. The van der Waals surface area contributed by atoms with E-state index in [4.69, 9.17) is 0 Å². The van der Waals surface area contributed by atoms with E-state index in [-0.39, 0.29) is 6.71 Å². The number of anilines is 3. The van der Waals surface area contributed by atoms with Crippen LogP contribution in [0.5, 0.6) is 0 Å². The minimum Gasteiger partial charge on any atom is -0.310 e. The van der Waals surface area contributed by atoms with Gasteiger partial charge >= 0.3 is 0 Å². The summed E-state index contributed by atoms with van der Waals surface area (Å²) in [5, 5.41) is 2.53. The summed E-state index contributed by atoms with van der Waals surface area (Å²) in [5.74, 6) is 0. The average Bonchev–Trinajstić information content (AvgIpc) is 3.67. The molecular formula is C45H30BN3S. The van der Waals surface area contributed by atoms with Crippen molar-refractivity contribution in [2.75, 3.05) is 4.90 Å². The van der Waals surface area contributed by atoms with E-state index in [9.17, 15) is 0 Å². The minimum absolute atomic E-state index is 0.196. The third-order valence-corrected chi connectivity index (χ3v) is 11.7. The first-order chi connectivity index (χ1) is 24.7. The predicted molar refractivity (Wildman–Crippen MR) is 212 cm³/mol. The average molecular weight is 656 g/mol. The van der Waals surface area contributed by atoms with E-state index in [1.807, 2.05) is 11.8 Å². The SMILES string of the molecule is Cc1cc2c3c(c1)-n1c4c(cccc4c4c1c1ccc(N(c5ccccc5)c5ccccc5)cc1n4-c1ccccc1)B3c1ccccc1S2. The fraction of sp³-hybridized carbons (Fsp3) is 0.0222. The molecule has 0 fully saturated rings. The topological polar surface area (TPSA) is 13.1 Å². The highest BCUT2D eigenvalue weighted by Crippen LogP contribution is 2.45. The lowest BCUT2D eigenvalue weighted by Crippen LogP contribution is -2.58. The maximum absolute atomic E-state index is 2.60. The molecule has 0 bridgehead atoms. The second-order valence-electron chi connectivity index (χ2n) is 13.4. The number of hydrogen-bond donors (Lipinski definition) is 0. The third kappa shape index (κ3) is 3.84. The standard InChI is InChI=1S/C45H30BN3S/c1-29-26-39-42-41(27-29)50-40-23-12-11-21-36(40)46(42)37-22-13-20-35-43(37)49(39)44-34-25-24-33(28-38(34)48(45(35)44)32-18-9-4-10-19-32)47(30-14-5-2-6-15-30)31-16-7-3-8-17-31/h2-28H,1H3. The van der Waals surface area contributed by atoms with Crippen LogP contribution in [0, 0.1) is 6.92 Å². The highest BCUT2D eigenvalue weighted by molar-refractivity contribution is 8.00. The lowest BCUT2D eigenvalue weighted by Gasteiger charge is -2.33. The summed E-state index contributed by atoms with van der Waals surface area (Å²) >= 11 is 1.92. The molecule has 0 amide bonds. The van der Waals surface area contributed by atoms with Gasteiger partial charge in [-0.15, -0.1) is 0 Å². The number of aryl methyl sites for hydroxylation is 1. The summed E-state index contributed by atoms with van der Waals surface area (Å²) < 4.78 is 5.11. The fourth-order valence-corrected chi connectivity index (χ4v) is 9.89. The van der Waals surface area contributed by atoms with Gasteiger partial charge in [0.25, 0.3) is 0 Å². The Bertz CT molecular complexity index is 2760. The molecule has 0 N–H and O–H groups in total. The monoisotopic (exact) mass is 655 g/mol. The van der Waals surface area contributed by atoms with Crippen molar-refractivity contribution in [1.82, 2.24) is 9.13 Å². The van der Waals surface area contributed by atoms with Gasteiger partial charge in [0.05, 0.1) is 22.1 Å². The first kappa shape index (κ1) is 28.0. The number of rotatable bonds is 4. The molecule has 0 saturated heterocycles. The van der Waals surface area contributed by atoms with Crippen molar-refractivity contribution in [2.24, 2.45) is 0 Å². The lowest BCUT2D eigenvalue weighted by molar-refractivity contribution is 1.16. The van der Waals surface area contributed by atoms with Gasteiger partial charge in [-0.2, -0.15) is 0 Å². The Morgan fingerprint density at radius 2 is 1.16 bits per heavy atom. The third-order valence-electron chi connectivity index (χ3n) is 10.6. The molecule has 50 heavy (non-hydrogen) atoms. The molecule has 5 heteroatoms. The number of benzene rings is 7. The number of para-hydroxylation sites is 4. The number of nitrogens with zero attached hydrogens (tertiary/aromatic N) is 3. The Labute approximate surface area is 295 Å². The lowest BCUT2D eigenvalue weighted by atomic mass is 9.35. The van der Waals surface area contributed by atoms with Crippen molar-refractivity contribution in [3.8, 4) is 11.4 Å². The van der Waals surface area contributed by atoms with Gasteiger partial charge in [0, 0.05) is 49.0 Å². The molecule has 7 aromatic carbocycles.